The number of nitrogens with two attached hydrogens (primary N) is 1. The molecule has 0 amide bonds. The lowest BCUT2D eigenvalue weighted by molar-refractivity contribution is 0.794. The van der Waals surface area contributed by atoms with E-state index >= 15 is 0 Å². The average Bonchev–Trinajstić information content (AvgIpc) is 2.54. The molecule has 0 aliphatic rings. The van der Waals surface area contributed by atoms with Crippen molar-refractivity contribution in [3.05, 3.63) is 70.8 Å². The monoisotopic (exact) mass is 341 g/mol. The minimum absolute atomic E-state index is 0.0160. The molecule has 0 saturated carbocycles. The number of fused-ring (bicyclic) bond motifs is 1. The number of para-hydroxylation sites is 2. The summed E-state index contributed by atoms with van der Waals surface area (Å²) in [5.41, 5.74) is 9.13. The van der Waals surface area contributed by atoms with E-state index in [-0.39, 0.29) is 6.04 Å². The molecule has 0 aliphatic carbocycles. The predicted molar refractivity (Wildman–Crippen MR) is 91.3 cm³/mol. The molecule has 3 N–H and O–H groups in total. The first-order valence-corrected chi connectivity index (χ1v) is 7.63. The van der Waals surface area contributed by atoms with Crippen LogP contribution in [0.3, 0.4) is 0 Å². The zero-order valence-corrected chi connectivity index (χ0v) is 13.0. The summed E-state index contributed by atoms with van der Waals surface area (Å²) in [4.78, 5) is 4.51. The molecule has 4 heteroatoms. The normalized spacial score (nSPS) is 12.3. The number of nitrogens with one attached hydrogen (secondary N) is 1. The van der Waals surface area contributed by atoms with Crippen LogP contribution in [0.1, 0.15) is 11.6 Å². The third-order valence-electron chi connectivity index (χ3n) is 3.48. The summed E-state index contributed by atoms with van der Waals surface area (Å²) < 4.78 is 1.02. The molecule has 21 heavy (non-hydrogen) atoms. The van der Waals surface area contributed by atoms with Gasteiger partial charge in [0.15, 0.2) is 0 Å². The topological polar surface area (TPSA) is 50.9 Å². The number of hydrogen-bond acceptors (Lipinski definition) is 3. The van der Waals surface area contributed by atoms with Crippen LogP contribution in [0.15, 0.2) is 65.3 Å². The first-order chi connectivity index (χ1) is 10.3. The fourth-order valence-corrected chi connectivity index (χ4v) is 2.84. The van der Waals surface area contributed by atoms with E-state index in [9.17, 15) is 0 Å². The molecule has 0 radical (unpaired) electrons. The van der Waals surface area contributed by atoms with Crippen LogP contribution in [0.4, 0.5) is 5.69 Å². The molecule has 0 spiro atoms. The maximum absolute atomic E-state index is 5.99. The van der Waals surface area contributed by atoms with E-state index in [0.29, 0.717) is 6.54 Å². The number of hydrogen-bond donors (Lipinski definition) is 2. The second kappa shape index (κ2) is 6.24. The first-order valence-electron chi connectivity index (χ1n) is 6.84. The lowest BCUT2D eigenvalue weighted by atomic mass is 10.0. The lowest BCUT2D eigenvalue weighted by Crippen LogP contribution is -2.21. The Morgan fingerprint density at radius 1 is 1.05 bits per heavy atom. The average molecular weight is 342 g/mol. The number of pyridine rings is 1. The summed E-state index contributed by atoms with van der Waals surface area (Å²) in [5.74, 6) is 0. The largest absolute Gasteiger partial charge is 0.376 e. The number of benzene rings is 2. The van der Waals surface area contributed by atoms with Crippen molar-refractivity contribution in [2.45, 2.75) is 6.04 Å². The number of halogens is 1. The highest BCUT2D eigenvalue weighted by atomic mass is 79.9. The van der Waals surface area contributed by atoms with Crippen LogP contribution < -0.4 is 11.1 Å². The van der Waals surface area contributed by atoms with Gasteiger partial charge >= 0.3 is 0 Å². The first kappa shape index (κ1) is 14.0. The van der Waals surface area contributed by atoms with Gasteiger partial charge in [0, 0.05) is 33.9 Å². The number of nitrogens with zero attached hydrogens (tertiary/aromatic N) is 1. The van der Waals surface area contributed by atoms with Crippen LogP contribution in [-0.2, 0) is 0 Å². The Morgan fingerprint density at radius 3 is 2.67 bits per heavy atom. The van der Waals surface area contributed by atoms with Crippen LogP contribution in [0, 0.1) is 0 Å². The highest BCUT2D eigenvalue weighted by Crippen LogP contribution is 2.28. The number of aromatic nitrogens is 1. The van der Waals surface area contributed by atoms with E-state index in [1.807, 2.05) is 42.6 Å². The second-order valence-corrected chi connectivity index (χ2v) is 5.69. The Labute approximate surface area is 132 Å². The lowest BCUT2D eigenvalue weighted by Gasteiger charge is -2.20. The van der Waals surface area contributed by atoms with Crippen molar-refractivity contribution in [2.24, 2.45) is 5.73 Å². The Kier molecular flexibility index (Phi) is 4.18. The number of anilines is 1. The quantitative estimate of drug-likeness (QED) is 0.750. The third-order valence-corrected chi connectivity index (χ3v) is 4.17. The van der Waals surface area contributed by atoms with Crippen molar-refractivity contribution >= 4 is 32.5 Å². The van der Waals surface area contributed by atoms with Gasteiger partial charge in [-0.05, 0) is 34.1 Å². The molecule has 3 nitrogen and oxygen atoms in total. The van der Waals surface area contributed by atoms with Gasteiger partial charge in [0.2, 0.25) is 0 Å². The highest BCUT2D eigenvalue weighted by Gasteiger charge is 2.14. The Balaban J connectivity index is 2.01. The highest BCUT2D eigenvalue weighted by molar-refractivity contribution is 9.10. The standard InChI is InChI=1S/C17H16BrN3/c18-14-8-1-2-9-15(14)21-16(11-19)13-7-3-5-12-6-4-10-20-17(12)13/h1-10,16,21H,11,19H2. The van der Waals surface area contributed by atoms with Gasteiger partial charge in [-0.25, -0.2) is 0 Å². The number of rotatable bonds is 4. The van der Waals surface area contributed by atoms with E-state index in [2.05, 4.69) is 44.4 Å². The summed E-state index contributed by atoms with van der Waals surface area (Å²) in [7, 11) is 0. The maximum Gasteiger partial charge on any atom is 0.0755 e. The van der Waals surface area contributed by atoms with Crippen LogP contribution in [0.5, 0.6) is 0 Å². The zero-order chi connectivity index (χ0) is 14.7. The van der Waals surface area contributed by atoms with Crippen molar-refractivity contribution in [1.82, 2.24) is 4.98 Å². The molecule has 1 heterocycles. The Morgan fingerprint density at radius 2 is 1.86 bits per heavy atom. The minimum Gasteiger partial charge on any atom is -0.376 e. The van der Waals surface area contributed by atoms with Crippen LogP contribution >= 0.6 is 15.9 Å². The van der Waals surface area contributed by atoms with Crippen molar-refractivity contribution < 1.29 is 0 Å². The fourth-order valence-electron chi connectivity index (χ4n) is 2.44. The van der Waals surface area contributed by atoms with E-state index in [1.165, 1.54) is 0 Å². The van der Waals surface area contributed by atoms with Gasteiger partial charge in [0.25, 0.3) is 0 Å². The van der Waals surface area contributed by atoms with Crippen molar-refractivity contribution in [2.75, 3.05) is 11.9 Å². The smallest absolute Gasteiger partial charge is 0.0755 e. The van der Waals surface area contributed by atoms with E-state index in [0.717, 1.165) is 26.6 Å². The van der Waals surface area contributed by atoms with Crippen LogP contribution in [0.25, 0.3) is 10.9 Å². The Bertz CT molecular complexity index is 752. The summed E-state index contributed by atoms with van der Waals surface area (Å²) >= 11 is 3.56. The minimum atomic E-state index is 0.0160. The molecular weight excluding hydrogens is 326 g/mol. The van der Waals surface area contributed by atoms with Crippen LogP contribution in [-0.4, -0.2) is 11.5 Å². The molecule has 1 aromatic heterocycles. The molecule has 3 rings (SSSR count). The molecule has 2 aromatic carbocycles. The zero-order valence-electron chi connectivity index (χ0n) is 11.5. The van der Waals surface area contributed by atoms with Gasteiger partial charge in [-0.1, -0.05) is 36.4 Å². The second-order valence-electron chi connectivity index (χ2n) is 4.83. The molecule has 106 valence electrons. The summed E-state index contributed by atoms with van der Waals surface area (Å²) in [6.07, 6.45) is 1.82. The molecular formula is C17H16BrN3. The summed E-state index contributed by atoms with van der Waals surface area (Å²) in [6, 6.07) is 18.3. The van der Waals surface area contributed by atoms with Crippen molar-refractivity contribution in [1.29, 1.82) is 0 Å². The molecule has 3 aromatic rings. The molecule has 0 fully saturated rings. The maximum atomic E-state index is 5.99. The summed E-state index contributed by atoms with van der Waals surface area (Å²) in [6.45, 7) is 0.497. The third kappa shape index (κ3) is 2.91. The fraction of sp³-hybridized carbons (Fsp3) is 0.118. The van der Waals surface area contributed by atoms with Gasteiger partial charge in [-0.2, -0.15) is 0 Å². The summed E-state index contributed by atoms with van der Waals surface area (Å²) in [5, 5.41) is 4.62. The van der Waals surface area contributed by atoms with E-state index < -0.39 is 0 Å². The van der Waals surface area contributed by atoms with Crippen molar-refractivity contribution in [3.63, 3.8) is 0 Å². The molecule has 0 bridgehead atoms. The van der Waals surface area contributed by atoms with E-state index in [1.54, 1.807) is 0 Å². The van der Waals surface area contributed by atoms with Gasteiger partial charge < -0.3 is 11.1 Å². The molecule has 0 aliphatic heterocycles. The van der Waals surface area contributed by atoms with Crippen molar-refractivity contribution in [3.8, 4) is 0 Å². The van der Waals surface area contributed by atoms with Gasteiger partial charge in [0.1, 0.15) is 0 Å². The predicted octanol–water partition coefficient (Wildman–Crippen LogP) is 4.11. The van der Waals surface area contributed by atoms with Crippen LogP contribution in [0.2, 0.25) is 0 Å². The molecule has 1 atom stereocenters. The molecule has 0 saturated heterocycles. The van der Waals surface area contributed by atoms with E-state index in [4.69, 9.17) is 5.73 Å². The van der Waals surface area contributed by atoms with Gasteiger partial charge in [-0.3, -0.25) is 4.98 Å². The van der Waals surface area contributed by atoms with Gasteiger partial charge in [0.05, 0.1) is 11.6 Å². The van der Waals surface area contributed by atoms with Gasteiger partial charge in [-0.15, -0.1) is 0 Å². The SMILES string of the molecule is NCC(Nc1ccccc1Br)c1cccc2cccnc12. The molecule has 1 unspecified atom stereocenters. The Hall–Kier alpha value is -1.91.